The molecule has 0 spiro atoms. The highest BCUT2D eigenvalue weighted by molar-refractivity contribution is 5.93. The van der Waals surface area contributed by atoms with Gasteiger partial charge in [0, 0.05) is 62.6 Å². The van der Waals surface area contributed by atoms with Gasteiger partial charge in [0.2, 0.25) is 24.5 Å². The van der Waals surface area contributed by atoms with Crippen LogP contribution in [0.25, 0.3) is 0 Å². The molecule has 2 aliphatic rings. The van der Waals surface area contributed by atoms with E-state index in [2.05, 4.69) is 21.3 Å². The molecular formula is C27H46N6O6. The van der Waals surface area contributed by atoms with Crippen molar-refractivity contribution in [1.29, 1.82) is 0 Å². The number of aliphatic hydroxyl groups is 2. The largest absolute Gasteiger partial charge is 0.356 e. The summed E-state index contributed by atoms with van der Waals surface area (Å²) in [6, 6.07) is 0. The molecular weight excluding hydrogens is 504 g/mol. The van der Waals surface area contributed by atoms with Crippen LogP contribution in [0.5, 0.6) is 0 Å². The molecule has 220 valence electrons. The first-order valence-corrected chi connectivity index (χ1v) is 14.1. The van der Waals surface area contributed by atoms with Crippen LogP contribution in [0.2, 0.25) is 0 Å². The monoisotopic (exact) mass is 550 g/mol. The summed E-state index contributed by atoms with van der Waals surface area (Å²) < 4.78 is 0. The van der Waals surface area contributed by atoms with Gasteiger partial charge < -0.3 is 41.3 Å². The molecule has 0 aromatic heterocycles. The number of hydrogen-bond donors (Lipinski definition) is 6. The van der Waals surface area contributed by atoms with Crippen molar-refractivity contribution in [3.05, 3.63) is 23.5 Å². The maximum atomic E-state index is 12.0. The van der Waals surface area contributed by atoms with E-state index < -0.39 is 12.7 Å². The van der Waals surface area contributed by atoms with Crippen LogP contribution in [0.1, 0.15) is 84.5 Å². The lowest BCUT2D eigenvalue weighted by molar-refractivity contribution is -0.128. The predicted molar refractivity (Wildman–Crippen MR) is 146 cm³/mol. The van der Waals surface area contributed by atoms with Gasteiger partial charge in [-0.3, -0.25) is 19.2 Å². The summed E-state index contributed by atoms with van der Waals surface area (Å²) in [6.45, 7) is 5.27. The van der Waals surface area contributed by atoms with Gasteiger partial charge in [0.25, 0.3) is 11.8 Å². The van der Waals surface area contributed by atoms with Crippen LogP contribution in [0.15, 0.2) is 23.5 Å². The highest BCUT2D eigenvalue weighted by Crippen LogP contribution is 2.11. The lowest BCUT2D eigenvalue weighted by Crippen LogP contribution is -2.50. The summed E-state index contributed by atoms with van der Waals surface area (Å²) in [4.78, 5) is 50.0. The third-order valence-corrected chi connectivity index (χ3v) is 6.78. The topological polar surface area (TPSA) is 163 Å². The highest BCUT2D eigenvalue weighted by atomic mass is 16.3. The third kappa shape index (κ3) is 12.5. The Labute approximate surface area is 231 Å². The molecule has 2 heterocycles. The molecule has 0 fully saturated rings. The molecule has 0 aromatic carbocycles. The molecule has 2 atom stereocenters. The predicted octanol–water partition coefficient (Wildman–Crippen LogP) is 0.733. The van der Waals surface area contributed by atoms with E-state index in [-0.39, 0.29) is 36.5 Å². The number of carbonyl (C=O) groups is 4. The Kier molecular flexibility index (Phi) is 14.4. The van der Waals surface area contributed by atoms with Crippen molar-refractivity contribution in [2.75, 3.05) is 26.2 Å². The fourth-order valence-corrected chi connectivity index (χ4v) is 4.34. The summed E-state index contributed by atoms with van der Waals surface area (Å²) in [5, 5.41) is 30.3. The van der Waals surface area contributed by atoms with Crippen molar-refractivity contribution < 1.29 is 29.4 Å². The Morgan fingerprint density at radius 3 is 1.38 bits per heavy atom. The van der Waals surface area contributed by atoms with Crippen LogP contribution in [0, 0.1) is 0 Å². The van der Waals surface area contributed by atoms with Crippen LogP contribution < -0.4 is 21.3 Å². The number of amides is 4. The van der Waals surface area contributed by atoms with Crippen LogP contribution in [-0.2, 0) is 19.2 Å². The molecule has 4 amide bonds. The van der Waals surface area contributed by atoms with E-state index in [1.165, 1.54) is 19.3 Å². The molecule has 12 nitrogen and oxygen atoms in total. The van der Waals surface area contributed by atoms with E-state index in [0.717, 1.165) is 38.5 Å². The first-order valence-electron chi connectivity index (χ1n) is 14.1. The van der Waals surface area contributed by atoms with Gasteiger partial charge in [-0.1, -0.05) is 44.9 Å². The summed E-state index contributed by atoms with van der Waals surface area (Å²) in [6.07, 6.45) is 11.3. The second kappa shape index (κ2) is 17.5. The third-order valence-electron chi connectivity index (χ3n) is 6.78. The molecule has 2 rings (SSSR count). The Morgan fingerprint density at radius 2 is 1.03 bits per heavy atom. The average molecular weight is 551 g/mol. The van der Waals surface area contributed by atoms with Gasteiger partial charge in [-0.2, -0.15) is 0 Å². The maximum Gasteiger partial charge on any atom is 0.251 e. The lowest BCUT2D eigenvalue weighted by Gasteiger charge is -2.31. The van der Waals surface area contributed by atoms with Crippen LogP contribution in [-0.4, -0.2) is 82.5 Å². The van der Waals surface area contributed by atoms with E-state index >= 15 is 0 Å². The fraction of sp³-hybridized carbons (Fsp3) is 0.704. The van der Waals surface area contributed by atoms with Crippen LogP contribution in [0.3, 0.4) is 0 Å². The molecule has 0 saturated carbocycles. The quantitative estimate of drug-likeness (QED) is 0.136. The van der Waals surface area contributed by atoms with Crippen LogP contribution >= 0.6 is 0 Å². The SMILES string of the molecule is CC1=CN(CCC(=O)NCCCCCCCCCCCNC(=O)CCN2C=C(C)C(=O)NC2O)C(O)NC1=O. The second-order valence-corrected chi connectivity index (χ2v) is 10.2. The zero-order valence-corrected chi connectivity index (χ0v) is 23.3. The number of carbonyl (C=O) groups excluding carboxylic acids is 4. The number of nitrogens with one attached hydrogen (secondary N) is 4. The normalized spacial score (nSPS) is 19.2. The summed E-state index contributed by atoms with van der Waals surface area (Å²) >= 11 is 0. The number of nitrogens with zero attached hydrogens (tertiary/aromatic N) is 2. The van der Waals surface area contributed by atoms with Crippen LogP contribution in [0.4, 0.5) is 0 Å². The Balaban J connectivity index is 1.35. The minimum absolute atomic E-state index is 0.0654. The first-order chi connectivity index (χ1) is 18.7. The summed E-state index contributed by atoms with van der Waals surface area (Å²) in [7, 11) is 0. The minimum atomic E-state index is -1.10. The minimum Gasteiger partial charge on any atom is -0.356 e. The van der Waals surface area contributed by atoms with Crippen molar-refractivity contribution >= 4 is 23.6 Å². The number of hydrogen-bond acceptors (Lipinski definition) is 8. The van der Waals surface area contributed by atoms with E-state index in [1.807, 2.05) is 0 Å². The van der Waals surface area contributed by atoms with Gasteiger partial charge in [0.1, 0.15) is 0 Å². The van der Waals surface area contributed by atoms with Gasteiger partial charge >= 0.3 is 0 Å². The molecule has 6 N–H and O–H groups in total. The van der Waals surface area contributed by atoms with Crippen molar-refractivity contribution in [3.63, 3.8) is 0 Å². The molecule has 0 bridgehead atoms. The molecule has 0 aliphatic carbocycles. The molecule has 12 heteroatoms. The Bertz CT molecular complexity index is 822. The van der Waals surface area contributed by atoms with Crippen molar-refractivity contribution in [2.24, 2.45) is 0 Å². The smallest absolute Gasteiger partial charge is 0.251 e. The van der Waals surface area contributed by atoms with E-state index in [9.17, 15) is 29.4 Å². The number of aliphatic hydroxyl groups excluding tert-OH is 2. The zero-order valence-electron chi connectivity index (χ0n) is 23.3. The van der Waals surface area contributed by atoms with Crippen molar-refractivity contribution in [2.45, 2.75) is 97.2 Å². The van der Waals surface area contributed by atoms with Gasteiger partial charge in [0.05, 0.1) is 0 Å². The standard InChI is InChI=1S/C27H46N6O6/c1-20-18-32(26(38)30-24(20)36)16-12-22(34)28-14-10-8-6-4-3-5-7-9-11-15-29-23(35)13-17-33-19-21(2)25(37)31-27(33)39/h18-19,26-27,38-39H,3-17H2,1-2H3,(H,28,34)(H,29,35)(H,30,36)(H,31,37). The molecule has 39 heavy (non-hydrogen) atoms. The van der Waals surface area contributed by atoms with Gasteiger partial charge in [0.15, 0.2) is 0 Å². The molecule has 2 unspecified atom stereocenters. The number of unbranched alkanes of at least 4 members (excludes halogenated alkanes) is 8. The van der Waals surface area contributed by atoms with E-state index in [1.54, 1.807) is 36.0 Å². The van der Waals surface area contributed by atoms with Crippen molar-refractivity contribution in [3.8, 4) is 0 Å². The first kappa shape index (κ1) is 32.1. The Morgan fingerprint density at radius 1 is 0.692 bits per heavy atom. The van der Waals surface area contributed by atoms with E-state index in [4.69, 9.17) is 0 Å². The van der Waals surface area contributed by atoms with Gasteiger partial charge in [-0.15, -0.1) is 0 Å². The molecule has 2 aliphatic heterocycles. The van der Waals surface area contributed by atoms with E-state index in [0.29, 0.717) is 37.3 Å². The number of rotatable bonds is 18. The van der Waals surface area contributed by atoms with Gasteiger partial charge in [-0.05, 0) is 26.7 Å². The fourth-order valence-electron chi connectivity index (χ4n) is 4.34. The maximum absolute atomic E-state index is 12.0. The average Bonchev–Trinajstić information content (AvgIpc) is 2.89. The van der Waals surface area contributed by atoms with Gasteiger partial charge in [-0.25, -0.2) is 0 Å². The summed E-state index contributed by atoms with van der Waals surface area (Å²) in [5.74, 6) is -0.742. The zero-order chi connectivity index (χ0) is 28.6. The molecule has 0 radical (unpaired) electrons. The highest BCUT2D eigenvalue weighted by Gasteiger charge is 2.23. The lowest BCUT2D eigenvalue weighted by atomic mass is 10.1. The summed E-state index contributed by atoms with van der Waals surface area (Å²) in [5.41, 5.74) is 0.999. The molecule has 0 aromatic rings. The molecule has 0 saturated heterocycles. The second-order valence-electron chi connectivity index (χ2n) is 10.2. The Hall–Kier alpha value is -3.12. The van der Waals surface area contributed by atoms with Crippen molar-refractivity contribution in [1.82, 2.24) is 31.1 Å².